The van der Waals surface area contributed by atoms with Gasteiger partial charge in [-0.3, -0.25) is 4.79 Å². The van der Waals surface area contributed by atoms with E-state index in [9.17, 15) is 9.90 Å². The third-order valence-electron chi connectivity index (χ3n) is 3.21. The van der Waals surface area contributed by atoms with Crippen molar-refractivity contribution in [2.45, 2.75) is 25.5 Å². The highest BCUT2D eigenvalue weighted by molar-refractivity contribution is 5.69. The van der Waals surface area contributed by atoms with E-state index in [1.807, 2.05) is 36.4 Å². The van der Waals surface area contributed by atoms with Crippen LogP contribution in [0.25, 0.3) is 0 Å². The lowest BCUT2D eigenvalue weighted by Gasteiger charge is -2.19. The summed E-state index contributed by atoms with van der Waals surface area (Å²) in [5.41, 5.74) is 7.85. The fourth-order valence-corrected chi connectivity index (χ4v) is 2.16. The molecular formula is C17H19NO3. The molecule has 0 radical (unpaired) electrons. The first-order valence-electron chi connectivity index (χ1n) is 6.82. The van der Waals surface area contributed by atoms with Crippen LogP contribution in [0.2, 0.25) is 0 Å². The highest BCUT2D eigenvalue weighted by Gasteiger charge is 2.18. The Morgan fingerprint density at radius 3 is 2.57 bits per heavy atom. The summed E-state index contributed by atoms with van der Waals surface area (Å²) >= 11 is 0. The molecule has 4 heteroatoms. The van der Waals surface area contributed by atoms with E-state index in [2.05, 4.69) is 0 Å². The average molecular weight is 285 g/mol. The minimum absolute atomic E-state index is 0.384. The van der Waals surface area contributed by atoms with Crippen molar-refractivity contribution in [2.75, 3.05) is 0 Å². The van der Waals surface area contributed by atoms with Gasteiger partial charge in [-0.25, -0.2) is 0 Å². The molecule has 0 heterocycles. The first-order valence-corrected chi connectivity index (χ1v) is 6.82. The van der Waals surface area contributed by atoms with Gasteiger partial charge in [0.25, 0.3) is 0 Å². The first-order chi connectivity index (χ1) is 10.1. The summed E-state index contributed by atoms with van der Waals surface area (Å²) in [5, 5.41) is 10.3. The van der Waals surface area contributed by atoms with Gasteiger partial charge >= 0.3 is 5.97 Å². The third-order valence-corrected chi connectivity index (χ3v) is 3.21. The standard InChI is InChI=1S/C17H19NO3/c1-12(19)21-15-9-5-8-14(11-15)17(18)16(20)10-13-6-3-2-4-7-13/h2-9,11,16-17,20H,10,18H2,1H3/t16-,17+/m0/s1. The first kappa shape index (κ1) is 15.2. The molecule has 0 aliphatic rings. The van der Waals surface area contributed by atoms with Crippen LogP contribution >= 0.6 is 0 Å². The maximum absolute atomic E-state index is 11.0. The molecule has 0 bridgehead atoms. The lowest BCUT2D eigenvalue weighted by molar-refractivity contribution is -0.131. The van der Waals surface area contributed by atoms with E-state index in [0.29, 0.717) is 12.2 Å². The van der Waals surface area contributed by atoms with Gasteiger partial charge in [-0.2, -0.15) is 0 Å². The molecule has 2 aromatic carbocycles. The molecule has 110 valence electrons. The maximum atomic E-state index is 11.0. The number of carbonyl (C=O) groups is 1. The Labute approximate surface area is 124 Å². The smallest absolute Gasteiger partial charge is 0.308 e. The van der Waals surface area contributed by atoms with Crippen LogP contribution in [0.5, 0.6) is 5.75 Å². The molecule has 0 aromatic heterocycles. The molecule has 0 amide bonds. The molecule has 0 saturated heterocycles. The molecule has 4 nitrogen and oxygen atoms in total. The van der Waals surface area contributed by atoms with E-state index in [0.717, 1.165) is 11.1 Å². The van der Waals surface area contributed by atoms with Crippen LogP contribution in [-0.4, -0.2) is 17.2 Å². The van der Waals surface area contributed by atoms with E-state index < -0.39 is 12.1 Å². The number of rotatable bonds is 5. The van der Waals surface area contributed by atoms with E-state index in [1.54, 1.807) is 18.2 Å². The predicted molar refractivity (Wildman–Crippen MR) is 80.8 cm³/mol. The number of esters is 1. The summed E-state index contributed by atoms with van der Waals surface area (Å²) in [6, 6.07) is 16.1. The zero-order chi connectivity index (χ0) is 15.2. The molecule has 0 spiro atoms. The van der Waals surface area contributed by atoms with Crippen LogP contribution in [0, 0.1) is 0 Å². The van der Waals surface area contributed by atoms with Crippen LogP contribution in [0.3, 0.4) is 0 Å². The van der Waals surface area contributed by atoms with Gasteiger partial charge in [0, 0.05) is 13.3 Å². The number of hydrogen-bond donors (Lipinski definition) is 2. The zero-order valence-corrected chi connectivity index (χ0v) is 11.9. The number of carbonyl (C=O) groups excluding carboxylic acids is 1. The Balaban J connectivity index is 2.08. The molecule has 0 aliphatic carbocycles. The molecule has 3 N–H and O–H groups in total. The van der Waals surface area contributed by atoms with Crippen molar-refractivity contribution in [1.29, 1.82) is 0 Å². The van der Waals surface area contributed by atoms with E-state index in [1.165, 1.54) is 6.92 Å². The lowest BCUT2D eigenvalue weighted by atomic mass is 9.97. The summed E-state index contributed by atoms with van der Waals surface area (Å²) in [6.07, 6.45) is -0.236. The Hall–Kier alpha value is -2.17. The van der Waals surface area contributed by atoms with Crippen LogP contribution in [0.1, 0.15) is 24.1 Å². The molecule has 2 atom stereocenters. The number of ether oxygens (including phenoxy) is 1. The van der Waals surface area contributed by atoms with Crippen LogP contribution in [-0.2, 0) is 11.2 Å². The highest BCUT2D eigenvalue weighted by Crippen LogP contribution is 2.22. The predicted octanol–water partition coefficient (Wildman–Crippen LogP) is 2.22. The maximum Gasteiger partial charge on any atom is 0.308 e. The lowest BCUT2D eigenvalue weighted by Crippen LogP contribution is -2.28. The quantitative estimate of drug-likeness (QED) is 0.652. The summed E-state index contributed by atoms with van der Waals surface area (Å²) in [6.45, 7) is 1.34. The fraction of sp³-hybridized carbons (Fsp3) is 0.235. The van der Waals surface area contributed by atoms with Gasteiger partial charge in [0.05, 0.1) is 12.1 Å². The van der Waals surface area contributed by atoms with Crippen molar-refractivity contribution in [2.24, 2.45) is 5.73 Å². The van der Waals surface area contributed by atoms with Gasteiger partial charge in [-0.05, 0) is 23.3 Å². The second kappa shape index (κ2) is 7.02. The zero-order valence-electron chi connectivity index (χ0n) is 11.9. The second-order valence-electron chi connectivity index (χ2n) is 4.95. The van der Waals surface area contributed by atoms with Crippen LogP contribution in [0.4, 0.5) is 0 Å². The molecule has 0 aliphatic heterocycles. The number of benzene rings is 2. The van der Waals surface area contributed by atoms with Crippen molar-refractivity contribution in [3.05, 3.63) is 65.7 Å². The number of nitrogens with two attached hydrogens (primary N) is 1. The summed E-state index contributed by atoms with van der Waals surface area (Å²) in [7, 11) is 0. The Bertz CT molecular complexity index is 598. The van der Waals surface area contributed by atoms with Crippen molar-refractivity contribution in [1.82, 2.24) is 0 Å². The highest BCUT2D eigenvalue weighted by atomic mass is 16.5. The largest absolute Gasteiger partial charge is 0.427 e. The molecule has 0 unspecified atom stereocenters. The number of aliphatic hydroxyl groups excluding tert-OH is 1. The summed E-state index contributed by atoms with van der Waals surface area (Å²) < 4.78 is 5.03. The summed E-state index contributed by atoms with van der Waals surface area (Å²) in [4.78, 5) is 11.0. The fourth-order valence-electron chi connectivity index (χ4n) is 2.16. The average Bonchev–Trinajstić information content (AvgIpc) is 2.47. The van der Waals surface area contributed by atoms with Crippen molar-refractivity contribution in [3.63, 3.8) is 0 Å². The van der Waals surface area contributed by atoms with Crippen molar-refractivity contribution >= 4 is 5.97 Å². The minimum Gasteiger partial charge on any atom is -0.427 e. The van der Waals surface area contributed by atoms with Gasteiger partial charge in [0.1, 0.15) is 5.75 Å². The third kappa shape index (κ3) is 4.41. The Morgan fingerprint density at radius 2 is 1.90 bits per heavy atom. The van der Waals surface area contributed by atoms with E-state index >= 15 is 0 Å². The number of aliphatic hydroxyl groups is 1. The molecule has 2 rings (SSSR count). The molecule has 0 saturated carbocycles. The SMILES string of the molecule is CC(=O)Oc1cccc([C@@H](N)[C@@H](O)Cc2ccccc2)c1. The van der Waals surface area contributed by atoms with Gasteiger partial charge < -0.3 is 15.6 Å². The van der Waals surface area contributed by atoms with Gasteiger partial charge in [0.15, 0.2) is 0 Å². The molecular weight excluding hydrogens is 266 g/mol. The van der Waals surface area contributed by atoms with E-state index in [-0.39, 0.29) is 5.97 Å². The molecule has 2 aromatic rings. The van der Waals surface area contributed by atoms with E-state index in [4.69, 9.17) is 10.5 Å². The Morgan fingerprint density at radius 1 is 1.19 bits per heavy atom. The monoisotopic (exact) mass is 285 g/mol. The Kier molecular flexibility index (Phi) is 5.09. The van der Waals surface area contributed by atoms with Gasteiger partial charge in [-0.1, -0.05) is 42.5 Å². The van der Waals surface area contributed by atoms with Crippen molar-refractivity contribution in [3.8, 4) is 5.75 Å². The summed E-state index contributed by atoms with van der Waals surface area (Å²) in [5.74, 6) is 0.0490. The van der Waals surface area contributed by atoms with Gasteiger partial charge in [-0.15, -0.1) is 0 Å². The minimum atomic E-state index is -0.708. The second-order valence-corrected chi connectivity index (χ2v) is 4.95. The van der Waals surface area contributed by atoms with Crippen molar-refractivity contribution < 1.29 is 14.6 Å². The normalized spacial score (nSPS) is 13.5. The molecule has 21 heavy (non-hydrogen) atoms. The topological polar surface area (TPSA) is 72.5 Å². The van der Waals surface area contributed by atoms with Crippen LogP contribution < -0.4 is 10.5 Å². The van der Waals surface area contributed by atoms with Crippen LogP contribution in [0.15, 0.2) is 54.6 Å². The molecule has 0 fully saturated rings. The number of hydrogen-bond acceptors (Lipinski definition) is 4. The van der Waals surface area contributed by atoms with Gasteiger partial charge in [0.2, 0.25) is 0 Å².